The zero-order valence-corrected chi connectivity index (χ0v) is 19.0. The smallest absolute Gasteiger partial charge is 0.272 e. The van der Waals surface area contributed by atoms with E-state index >= 15 is 0 Å². The number of carbonyl (C=O) groups is 1. The SMILES string of the molecule is Cn1cc(S(=O)(=O)N2CCCCC2)cc1C(=O)Nc1ccc(N2CCCS2(=O)=O)cc1. The molecule has 31 heavy (non-hydrogen) atoms. The third-order valence-corrected chi connectivity index (χ3v) is 9.41. The summed E-state index contributed by atoms with van der Waals surface area (Å²) in [6.45, 7) is 1.45. The third-order valence-electron chi connectivity index (χ3n) is 5.68. The second-order valence-electron chi connectivity index (χ2n) is 7.88. The Balaban J connectivity index is 1.49. The Kier molecular flexibility index (Phi) is 5.84. The van der Waals surface area contributed by atoms with Crippen LogP contribution in [0, 0.1) is 0 Å². The summed E-state index contributed by atoms with van der Waals surface area (Å²) in [6.07, 6.45) is 4.76. The average Bonchev–Trinajstić information content (AvgIpc) is 3.31. The van der Waals surface area contributed by atoms with Crippen molar-refractivity contribution in [2.24, 2.45) is 7.05 Å². The van der Waals surface area contributed by atoms with Gasteiger partial charge in [0.05, 0.1) is 11.4 Å². The van der Waals surface area contributed by atoms with Gasteiger partial charge in [-0.2, -0.15) is 4.31 Å². The van der Waals surface area contributed by atoms with E-state index in [1.807, 2.05) is 0 Å². The van der Waals surface area contributed by atoms with Crippen molar-refractivity contribution >= 4 is 37.3 Å². The normalized spacial score (nSPS) is 19.5. The maximum absolute atomic E-state index is 12.9. The monoisotopic (exact) mass is 466 g/mol. The van der Waals surface area contributed by atoms with E-state index in [9.17, 15) is 21.6 Å². The Bertz CT molecular complexity index is 1180. The van der Waals surface area contributed by atoms with Gasteiger partial charge in [0.1, 0.15) is 10.6 Å². The predicted octanol–water partition coefficient (Wildman–Crippen LogP) is 1.99. The van der Waals surface area contributed by atoms with E-state index < -0.39 is 26.0 Å². The second kappa shape index (κ2) is 8.29. The minimum atomic E-state index is -3.63. The Morgan fingerprint density at radius 1 is 1.00 bits per heavy atom. The molecular formula is C20H26N4O5S2. The number of carbonyl (C=O) groups excluding carboxylic acids is 1. The molecule has 1 N–H and O–H groups in total. The van der Waals surface area contributed by atoms with Gasteiger partial charge in [-0.15, -0.1) is 0 Å². The zero-order chi connectivity index (χ0) is 22.2. The molecule has 3 heterocycles. The van der Waals surface area contributed by atoms with Crippen molar-refractivity contribution in [1.29, 1.82) is 0 Å². The van der Waals surface area contributed by atoms with Crippen LogP contribution in [-0.4, -0.2) is 57.0 Å². The van der Waals surface area contributed by atoms with Gasteiger partial charge in [-0.25, -0.2) is 16.8 Å². The molecule has 2 aliphatic rings. The van der Waals surface area contributed by atoms with E-state index in [1.54, 1.807) is 31.3 Å². The number of sulfonamides is 2. The average molecular weight is 467 g/mol. The second-order valence-corrected chi connectivity index (χ2v) is 11.8. The summed E-state index contributed by atoms with van der Waals surface area (Å²) in [5.74, 6) is -0.300. The molecule has 4 rings (SSSR count). The number of rotatable bonds is 5. The van der Waals surface area contributed by atoms with Crippen molar-refractivity contribution in [3.8, 4) is 0 Å². The van der Waals surface area contributed by atoms with Crippen LogP contribution in [0.2, 0.25) is 0 Å². The standard InChI is InChI=1S/C20H26N4O5S2/c1-22-15-18(31(28,29)23-10-3-2-4-11-23)14-19(22)20(25)21-16-6-8-17(9-7-16)24-12-5-13-30(24,26)27/h6-9,14-15H,2-5,10-13H2,1H3,(H,21,25). The van der Waals surface area contributed by atoms with Gasteiger partial charge in [0, 0.05) is 38.6 Å². The minimum Gasteiger partial charge on any atom is -0.345 e. The molecule has 168 valence electrons. The number of aromatic nitrogens is 1. The van der Waals surface area contributed by atoms with Crippen molar-refractivity contribution < 1.29 is 21.6 Å². The summed E-state index contributed by atoms with van der Waals surface area (Å²) < 4.78 is 54.2. The van der Waals surface area contributed by atoms with Gasteiger partial charge in [0.25, 0.3) is 5.91 Å². The number of anilines is 2. The molecule has 1 amide bonds. The molecule has 2 aromatic rings. The molecule has 11 heteroatoms. The lowest BCUT2D eigenvalue weighted by atomic mass is 10.2. The van der Waals surface area contributed by atoms with Gasteiger partial charge < -0.3 is 9.88 Å². The maximum atomic E-state index is 12.9. The highest BCUT2D eigenvalue weighted by molar-refractivity contribution is 7.93. The maximum Gasteiger partial charge on any atom is 0.272 e. The van der Waals surface area contributed by atoms with Crippen molar-refractivity contribution in [3.63, 3.8) is 0 Å². The molecule has 0 saturated carbocycles. The van der Waals surface area contributed by atoms with E-state index in [-0.39, 0.29) is 16.3 Å². The van der Waals surface area contributed by atoms with Gasteiger partial charge in [-0.3, -0.25) is 9.10 Å². The van der Waals surface area contributed by atoms with Gasteiger partial charge in [-0.1, -0.05) is 6.42 Å². The van der Waals surface area contributed by atoms with Crippen LogP contribution in [0.3, 0.4) is 0 Å². The molecule has 9 nitrogen and oxygen atoms in total. The molecule has 0 atom stereocenters. The van der Waals surface area contributed by atoms with E-state index in [0.717, 1.165) is 19.3 Å². The van der Waals surface area contributed by atoms with Crippen molar-refractivity contribution in [3.05, 3.63) is 42.2 Å². The summed E-state index contributed by atoms with van der Waals surface area (Å²) in [5.41, 5.74) is 1.28. The lowest BCUT2D eigenvalue weighted by molar-refractivity contribution is 0.101. The highest BCUT2D eigenvalue weighted by Crippen LogP contribution is 2.26. The van der Waals surface area contributed by atoms with Crippen molar-refractivity contribution in [2.75, 3.05) is 35.0 Å². The van der Waals surface area contributed by atoms with Gasteiger partial charge in [-0.05, 0) is 49.6 Å². The summed E-state index contributed by atoms with van der Waals surface area (Å²) >= 11 is 0. The quantitative estimate of drug-likeness (QED) is 0.725. The molecule has 2 fully saturated rings. The largest absolute Gasteiger partial charge is 0.345 e. The number of aryl methyl sites for hydroxylation is 1. The number of hydrogen-bond acceptors (Lipinski definition) is 5. The molecule has 0 spiro atoms. The molecule has 2 saturated heterocycles. The molecular weight excluding hydrogens is 440 g/mol. The van der Waals surface area contributed by atoms with Crippen LogP contribution in [0.5, 0.6) is 0 Å². The van der Waals surface area contributed by atoms with Gasteiger partial charge >= 0.3 is 0 Å². The topological polar surface area (TPSA) is 109 Å². The van der Waals surface area contributed by atoms with Crippen molar-refractivity contribution in [1.82, 2.24) is 8.87 Å². The Morgan fingerprint density at radius 2 is 1.68 bits per heavy atom. The lowest BCUT2D eigenvalue weighted by Crippen LogP contribution is -2.35. The van der Waals surface area contributed by atoms with Crippen LogP contribution in [0.15, 0.2) is 41.4 Å². The highest BCUT2D eigenvalue weighted by atomic mass is 32.2. The van der Waals surface area contributed by atoms with E-state index in [2.05, 4.69) is 5.32 Å². The lowest BCUT2D eigenvalue weighted by Gasteiger charge is -2.25. The minimum absolute atomic E-state index is 0.108. The Morgan fingerprint density at radius 3 is 2.29 bits per heavy atom. The fourth-order valence-electron chi connectivity index (χ4n) is 3.99. The number of hydrogen-bond donors (Lipinski definition) is 1. The van der Waals surface area contributed by atoms with Crippen LogP contribution >= 0.6 is 0 Å². The van der Waals surface area contributed by atoms with E-state index in [0.29, 0.717) is 37.4 Å². The van der Waals surface area contributed by atoms with Crippen LogP contribution in [-0.2, 0) is 27.1 Å². The number of nitrogens with zero attached hydrogens (tertiary/aromatic N) is 3. The molecule has 1 aromatic carbocycles. The fourth-order valence-corrected chi connectivity index (χ4v) is 7.14. The van der Waals surface area contributed by atoms with Crippen LogP contribution in [0.25, 0.3) is 0 Å². The molecule has 2 aliphatic heterocycles. The highest BCUT2D eigenvalue weighted by Gasteiger charge is 2.29. The number of piperidine rings is 1. The van der Waals surface area contributed by atoms with E-state index in [1.165, 1.54) is 25.4 Å². The van der Waals surface area contributed by atoms with Crippen LogP contribution < -0.4 is 9.62 Å². The molecule has 0 bridgehead atoms. The molecule has 0 aliphatic carbocycles. The number of benzene rings is 1. The van der Waals surface area contributed by atoms with Gasteiger partial charge in [0.2, 0.25) is 20.0 Å². The first-order valence-electron chi connectivity index (χ1n) is 10.3. The summed E-state index contributed by atoms with van der Waals surface area (Å²) in [5, 5.41) is 2.75. The summed E-state index contributed by atoms with van der Waals surface area (Å²) in [4.78, 5) is 12.9. The summed E-state index contributed by atoms with van der Waals surface area (Å²) in [7, 11) is -5.26. The predicted molar refractivity (Wildman–Crippen MR) is 118 cm³/mol. The Hall–Kier alpha value is -2.37. The number of amides is 1. The van der Waals surface area contributed by atoms with Crippen LogP contribution in [0.1, 0.15) is 36.2 Å². The van der Waals surface area contributed by atoms with Crippen molar-refractivity contribution in [2.45, 2.75) is 30.6 Å². The summed E-state index contributed by atoms with van der Waals surface area (Å²) in [6, 6.07) is 7.96. The molecule has 0 unspecified atom stereocenters. The first-order valence-corrected chi connectivity index (χ1v) is 13.3. The Labute approximate surface area is 182 Å². The van der Waals surface area contributed by atoms with Gasteiger partial charge in [0.15, 0.2) is 0 Å². The van der Waals surface area contributed by atoms with E-state index in [4.69, 9.17) is 0 Å². The molecule has 0 radical (unpaired) electrons. The first kappa shape index (κ1) is 21.8. The zero-order valence-electron chi connectivity index (χ0n) is 17.3. The molecule has 1 aromatic heterocycles. The fraction of sp³-hybridized carbons (Fsp3) is 0.450. The number of nitrogens with one attached hydrogen (secondary N) is 1. The van der Waals surface area contributed by atoms with Crippen LogP contribution in [0.4, 0.5) is 11.4 Å². The first-order chi connectivity index (χ1) is 14.7. The third kappa shape index (κ3) is 4.35.